The van der Waals surface area contributed by atoms with E-state index in [0.29, 0.717) is 0 Å². The van der Waals surface area contributed by atoms with Crippen molar-refractivity contribution in [1.82, 2.24) is 5.32 Å². The molecule has 0 heterocycles. The topological polar surface area (TPSA) is 21.3 Å². The number of rotatable bonds is 6. The number of ether oxygens (including phenoxy) is 1. The Morgan fingerprint density at radius 3 is 2.57 bits per heavy atom. The van der Waals surface area contributed by atoms with Crippen LogP contribution in [-0.2, 0) is 0 Å². The van der Waals surface area contributed by atoms with Crippen LogP contribution in [0, 0.1) is 6.92 Å². The quantitative estimate of drug-likeness (QED) is 0.832. The van der Waals surface area contributed by atoms with E-state index in [2.05, 4.69) is 36.5 Å². The second-order valence-electron chi connectivity index (χ2n) is 5.15. The molecule has 2 aromatic rings. The van der Waals surface area contributed by atoms with Crippen LogP contribution in [0.25, 0.3) is 0 Å². The third-order valence-corrected chi connectivity index (χ3v) is 3.89. The van der Waals surface area contributed by atoms with Crippen molar-refractivity contribution in [3.63, 3.8) is 0 Å². The van der Waals surface area contributed by atoms with E-state index in [9.17, 15) is 0 Å². The second kappa shape index (κ2) is 7.48. The van der Waals surface area contributed by atoms with Gasteiger partial charge in [-0.15, -0.1) is 0 Å². The molecule has 2 aromatic carbocycles. The molecule has 0 amide bonds. The Hall–Kier alpha value is -1.51. The average molecular weight is 304 g/mol. The lowest BCUT2D eigenvalue weighted by molar-refractivity contribution is 0.317. The van der Waals surface area contributed by atoms with Gasteiger partial charge in [-0.1, -0.05) is 42.8 Å². The van der Waals surface area contributed by atoms with Gasteiger partial charge in [0.15, 0.2) is 0 Å². The molecule has 1 atom stereocenters. The highest BCUT2D eigenvalue weighted by Gasteiger charge is 2.13. The van der Waals surface area contributed by atoms with E-state index in [4.69, 9.17) is 16.3 Å². The minimum Gasteiger partial charge on any atom is -0.494 e. The first kappa shape index (κ1) is 15.9. The van der Waals surface area contributed by atoms with E-state index in [1.165, 1.54) is 5.56 Å². The van der Waals surface area contributed by atoms with Gasteiger partial charge in [0.2, 0.25) is 0 Å². The molecule has 21 heavy (non-hydrogen) atoms. The van der Waals surface area contributed by atoms with E-state index in [0.717, 1.165) is 34.9 Å². The molecule has 0 bridgehead atoms. The van der Waals surface area contributed by atoms with E-state index in [1.54, 1.807) is 0 Å². The lowest BCUT2D eigenvalue weighted by atomic mass is 9.98. The molecule has 0 radical (unpaired) electrons. The zero-order valence-corrected chi connectivity index (χ0v) is 13.6. The Balaban J connectivity index is 2.30. The van der Waals surface area contributed by atoms with Crippen molar-refractivity contribution in [2.75, 3.05) is 13.7 Å². The Kier molecular flexibility index (Phi) is 5.66. The molecular formula is C18H22ClNO. The predicted octanol–water partition coefficient (Wildman–Crippen LogP) is 4.75. The van der Waals surface area contributed by atoms with Crippen LogP contribution >= 0.6 is 11.6 Å². The highest BCUT2D eigenvalue weighted by molar-refractivity contribution is 6.31. The van der Waals surface area contributed by atoms with Gasteiger partial charge in [0.1, 0.15) is 5.75 Å². The van der Waals surface area contributed by atoms with Crippen molar-refractivity contribution in [2.45, 2.75) is 26.3 Å². The van der Waals surface area contributed by atoms with Crippen molar-refractivity contribution < 1.29 is 4.74 Å². The molecule has 1 N–H and O–H groups in total. The maximum atomic E-state index is 6.25. The maximum Gasteiger partial charge on any atom is 0.119 e. The van der Waals surface area contributed by atoms with Crippen molar-refractivity contribution in [3.05, 3.63) is 64.2 Å². The molecule has 3 heteroatoms. The first-order valence-corrected chi connectivity index (χ1v) is 7.69. The van der Waals surface area contributed by atoms with Crippen molar-refractivity contribution >= 4 is 11.6 Å². The number of aryl methyl sites for hydroxylation is 1. The predicted molar refractivity (Wildman–Crippen MR) is 89.3 cm³/mol. The summed E-state index contributed by atoms with van der Waals surface area (Å²) in [4.78, 5) is 0. The first-order valence-electron chi connectivity index (χ1n) is 7.31. The maximum absolute atomic E-state index is 6.25. The van der Waals surface area contributed by atoms with Gasteiger partial charge in [0.25, 0.3) is 0 Å². The largest absolute Gasteiger partial charge is 0.494 e. The molecule has 0 saturated carbocycles. The van der Waals surface area contributed by atoms with Crippen LogP contribution < -0.4 is 10.1 Å². The molecule has 0 saturated heterocycles. The van der Waals surface area contributed by atoms with Gasteiger partial charge >= 0.3 is 0 Å². The Morgan fingerprint density at radius 1 is 1.14 bits per heavy atom. The third-order valence-electron chi connectivity index (χ3n) is 3.48. The van der Waals surface area contributed by atoms with E-state index >= 15 is 0 Å². The molecule has 0 aromatic heterocycles. The van der Waals surface area contributed by atoms with Gasteiger partial charge in [-0.3, -0.25) is 0 Å². The number of hydrogen-bond donors (Lipinski definition) is 1. The van der Waals surface area contributed by atoms with Crippen LogP contribution in [0.5, 0.6) is 5.75 Å². The smallest absolute Gasteiger partial charge is 0.119 e. The number of hydrogen-bond acceptors (Lipinski definition) is 2. The monoisotopic (exact) mass is 303 g/mol. The minimum atomic E-state index is 0.105. The summed E-state index contributed by atoms with van der Waals surface area (Å²) in [7, 11) is 1.96. The number of halogens is 1. The second-order valence-corrected chi connectivity index (χ2v) is 5.56. The number of benzene rings is 2. The zero-order chi connectivity index (χ0) is 15.2. The van der Waals surface area contributed by atoms with Crippen LogP contribution in [0.15, 0.2) is 42.5 Å². The van der Waals surface area contributed by atoms with Crippen LogP contribution in [-0.4, -0.2) is 13.7 Å². The summed E-state index contributed by atoms with van der Waals surface area (Å²) in [5.74, 6) is 0.910. The summed E-state index contributed by atoms with van der Waals surface area (Å²) in [5, 5.41) is 4.15. The summed E-state index contributed by atoms with van der Waals surface area (Å²) in [5.41, 5.74) is 3.42. The summed E-state index contributed by atoms with van der Waals surface area (Å²) in [6.07, 6.45) is 1.01. The number of nitrogens with one attached hydrogen (secondary N) is 1. The Bertz CT molecular complexity index is 598. The summed E-state index contributed by atoms with van der Waals surface area (Å²) < 4.78 is 5.72. The summed E-state index contributed by atoms with van der Waals surface area (Å²) >= 11 is 6.25. The molecule has 0 aliphatic carbocycles. The fourth-order valence-corrected chi connectivity index (χ4v) is 2.51. The lowest BCUT2D eigenvalue weighted by Gasteiger charge is -2.19. The molecule has 0 aliphatic heterocycles. The highest BCUT2D eigenvalue weighted by atomic mass is 35.5. The SMILES string of the molecule is CCCOc1cccc(C(NC)c2ccc(C)c(Cl)c2)c1. The Morgan fingerprint density at radius 2 is 1.90 bits per heavy atom. The zero-order valence-electron chi connectivity index (χ0n) is 12.8. The van der Waals surface area contributed by atoms with Crippen LogP contribution in [0.1, 0.15) is 36.1 Å². The van der Waals surface area contributed by atoms with Gasteiger partial charge in [-0.2, -0.15) is 0 Å². The van der Waals surface area contributed by atoms with Crippen LogP contribution in [0.2, 0.25) is 5.02 Å². The van der Waals surface area contributed by atoms with E-state index < -0.39 is 0 Å². The summed E-state index contributed by atoms with van der Waals surface area (Å²) in [6, 6.07) is 14.5. The van der Waals surface area contributed by atoms with Crippen molar-refractivity contribution in [2.24, 2.45) is 0 Å². The lowest BCUT2D eigenvalue weighted by Crippen LogP contribution is -2.17. The minimum absolute atomic E-state index is 0.105. The highest BCUT2D eigenvalue weighted by Crippen LogP contribution is 2.28. The molecule has 112 valence electrons. The fraction of sp³-hybridized carbons (Fsp3) is 0.333. The van der Waals surface area contributed by atoms with Crippen LogP contribution in [0.4, 0.5) is 0 Å². The van der Waals surface area contributed by atoms with Gasteiger partial charge in [-0.05, 0) is 55.3 Å². The van der Waals surface area contributed by atoms with Gasteiger partial charge in [0, 0.05) is 5.02 Å². The van der Waals surface area contributed by atoms with Crippen molar-refractivity contribution in [3.8, 4) is 5.75 Å². The Labute approximate surface area is 132 Å². The fourth-order valence-electron chi connectivity index (χ4n) is 2.32. The van der Waals surface area contributed by atoms with E-state index in [-0.39, 0.29) is 6.04 Å². The molecule has 0 spiro atoms. The first-order chi connectivity index (χ1) is 10.2. The molecule has 2 rings (SSSR count). The molecule has 0 aliphatic rings. The molecular weight excluding hydrogens is 282 g/mol. The molecule has 2 nitrogen and oxygen atoms in total. The summed E-state index contributed by atoms with van der Waals surface area (Å²) in [6.45, 7) is 4.86. The van der Waals surface area contributed by atoms with Gasteiger partial charge in [-0.25, -0.2) is 0 Å². The van der Waals surface area contributed by atoms with Gasteiger partial charge in [0.05, 0.1) is 12.6 Å². The van der Waals surface area contributed by atoms with Gasteiger partial charge < -0.3 is 10.1 Å². The van der Waals surface area contributed by atoms with Crippen molar-refractivity contribution in [1.29, 1.82) is 0 Å². The molecule has 0 fully saturated rings. The van der Waals surface area contributed by atoms with E-state index in [1.807, 2.05) is 32.2 Å². The third kappa shape index (κ3) is 3.99. The normalized spacial score (nSPS) is 12.2. The standard InChI is InChI=1S/C18H22ClNO/c1-4-10-21-16-7-5-6-14(11-16)18(20-3)15-9-8-13(2)17(19)12-15/h5-9,11-12,18,20H,4,10H2,1-3H3. The van der Waals surface area contributed by atoms with Crippen LogP contribution in [0.3, 0.4) is 0 Å². The average Bonchev–Trinajstić information content (AvgIpc) is 2.50. The molecule has 1 unspecified atom stereocenters.